The molecular weight excluding hydrogens is 305 g/mol. The monoisotopic (exact) mass is 319 g/mol. The minimum atomic E-state index is -1.00. The lowest BCUT2D eigenvalue weighted by molar-refractivity contribution is -0.131. The normalized spacial score (nSPS) is 14.6. The van der Waals surface area contributed by atoms with Gasteiger partial charge in [0, 0.05) is 24.4 Å². The summed E-state index contributed by atoms with van der Waals surface area (Å²) in [6.07, 6.45) is 4.06. The van der Waals surface area contributed by atoms with Gasteiger partial charge in [0.2, 0.25) is 5.91 Å². The molecule has 20 heavy (non-hydrogen) atoms. The van der Waals surface area contributed by atoms with Crippen LogP contribution >= 0.6 is 24.8 Å². The van der Waals surface area contributed by atoms with Crippen LogP contribution in [0.2, 0.25) is 0 Å². The van der Waals surface area contributed by atoms with Crippen LogP contribution in [0.25, 0.3) is 6.08 Å². The molecule has 0 saturated carbocycles. The molecule has 1 aliphatic rings. The third-order valence-electron chi connectivity index (χ3n) is 2.52. The van der Waals surface area contributed by atoms with E-state index in [1.165, 1.54) is 12.3 Å². The van der Waals surface area contributed by atoms with Gasteiger partial charge in [-0.25, -0.2) is 9.78 Å². The van der Waals surface area contributed by atoms with Crippen LogP contribution in [0.1, 0.15) is 11.1 Å². The molecule has 2 rings (SSSR count). The molecule has 6 nitrogen and oxygen atoms in total. The van der Waals surface area contributed by atoms with Crippen LogP contribution in [-0.2, 0) is 16.1 Å². The van der Waals surface area contributed by atoms with Gasteiger partial charge < -0.3 is 10.4 Å². The van der Waals surface area contributed by atoms with Crippen molar-refractivity contribution in [1.29, 1.82) is 0 Å². The van der Waals surface area contributed by atoms with Crippen molar-refractivity contribution in [2.24, 2.45) is 0 Å². The molecule has 1 aromatic heterocycles. The minimum absolute atomic E-state index is 0. The first-order valence-electron chi connectivity index (χ1n) is 5.43. The number of rotatable bonds is 2. The maximum absolute atomic E-state index is 11.5. The van der Waals surface area contributed by atoms with Crippen LogP contribution in [0.15, 0.2) is 18.3 Å². The number of pyridine rings is 1. The Balaban J connectivity index is 0.00000180. The molecule has 2 N–H and O–H groups in total. The van der Waals surface area contributed by atoms with Gasteiger partial charge in [-0.2, -0.15) is 0 Å². The average molecular weight is 320 g/mol. The smallest absolute Gasteiger partial charge is 0.328 e. The van der Waals surface area contributed by atoms with Gasteiger partial charge >= 0.3 is 5.97 Å². The number of carboxylic acids is 1. The van der Waals surface area contributed by atoms with Crippen molar-refractivity contribution in [2.75, 3.05) is 18.9 Å². The van der Waals surface area contributed by atoms with Gasteiger partial charge in [0.25, 0.3) is 0 Å². The Kier molecular flexibility index (Phi) is 7.20. The quantitative estimate of drug-likeness (QED) is 0.805. The Bertz CT molecular complexity index is 535. The van der Waals surface area contributed by atoms with Crippen LogP contribution in [0.3, 0.4) is 0 Å². The SMILES string of the molecule is CN1CC(=O)Nc2ncc(/C=C/C(=O)O)cc2C1.Cl.Cl. The molecule has 1 aliphatic heterocycles. The summed E-state index contributed by atoms with van der Waals surface area (Å²) in [6, 6.07) is 1.82. The molecule has 0 unspecified atom stereocenters. The standard InChI is InChI=1S/C12H13N3O3.2ClH/c1-15-6-9-4-8(2-3-11(17)18)5-13-12(9)14-10(16)7-15;;/h2-5H,6-7H2,1H3,(H,17,18)(H,13,14,16);2*1H/b3-2+;;. The van der Waals surface area contributed by atoms with Crippen LogP contribution in [0, 0.1) is 0 Å². The molecule has 1 aromatic rings. The fraction of sp³-hybridized carbons (Fsp3) is 0.250. The highest BCUT2D eigenvalue weighted by Gasteiger charge is 2.17. The van der Waals surface area contributed by atoms with E-state index in [1.54, 1.807) is 0 Å². The Morgan fingerprint density at radius 2 is 2.15 bits per heavy atom. The number of anilines is 1. The van der Waals surface area contributed by atoms with E-state index in [2.05, 4.69) is 10.3 Å². The van der Waals surface area contributed by atoms with E-state index in [0.717, 1.165) is 11.6 Å². The zero-order valence-corrected chi connectivity index (χ0v) is 12.3. The highest BCUT2D eigenvalue weighted by molar-refractivity contribution is 5.93. The van der Waals surface area contributed by atoms with Crippen LogP contribution < -0.4 is 5.32 Å². The molecule has 8 heteroatoms. The number of aliphatic carboxylic acids is 1. The van der Waals surface area contributed by atoms with Crippen molar-refractivity contribution < 1.29 is 14.7 Å². The molecule has 0 fully saturated rings. The number of hydrogen-bond acceptors (Lipinski definition) is 4. The van der Waals surface area contributed by atoms with Crippen LogP contribution in [0.5, 0.6) is 0 Å². The molecule has 110 valence electrons. The lowest BCUT2D eigenvalue weighted by Gasteiger charge is -2.11. The summed E-state index contributed by atoms with van der Waals surface area (Å²) in [7, 11) is 1.84. The second-order valence-corrected chi connectivity index (χ2v) is 4.17. The number of carbonyl (C=O) groups is 2. The van der Waals surface area contributed by atoms with Gasteiger partial charge in [0.15, 0.2) is 0 Å². The number of carbonyl (C=O) groups excluding carboxylic acids is 1. The van der Waals surface area contributed by atoms with E-state index < -0.39 is 5.97 Å². The topological polar surface area (TPSA) is 82.5 Å². The van der Waals surface area contributed by atoms with E-state index in [9.17, 15) is 9.59 Å². The van der Waals surface area contributed by atoms with Gasteiger partial charge in [-0.15, -0.1) is 24.8 Å². The van der Waals surface area contributed by atoms with Crippen molar-refractivity contribution in [3.05, 3.63) is 29.5 Å². The van der Waals surface area contributed by atoms with Crippen molar-refractivity contribution in [2.45, 2.75) is 6.54 Å². The molecule has 0 radical (unpaired) electrons. The van der Waals surface area contributed by atoms with E-state index in [1.807, 2.05) is 18.0 Å². The number of halogens is 2. The summed E-state index contributed by atoms with van der Waals surface area (Å²) in [5, 5.41) is 11.3. The zero-order chi connectivity index (χ0) is 13.1. The number of carboxylic acid groups (broad SMARTS) is 1. The third-order valence-corrected chi connectivity index (χ3v) is 2.52. The maximum atomic E-state index is 11.5. The molecule has 0 bridgehead atoms. The Morgan fingerprint density at radius 3 is 2.80 bits per heavy atom. The maximum Gasteiger partial charge on any atom is 0.328 e. The van der Waals surface area contributed by atoms with E-state index >= 15 is 0 Å². The van der Waals surface area contributed by atoms with Gasteiger partial charge in [0.05, 0.1) is 6.54 Å². The molecule has 0 spiro atoms. The molecular formula is C12H15Cl2N3O3. The molecule has 1 amide bonds. The predicted octanol–water partition coefficient (Wildman–Crippen LogP) is 1.41. The highest BCUT2D eigenvalue weighted by atomic mass is 35.5. The lowest BCUT2D eigenvalue weighted by atomic mass is 10.1. The number of nitrogens with zero attached hydrogens (tertiary/aromatic N) is 2. The van der Waals surface area contributed by atoms with Crippen molar-refractivity contribution in [1.82, 2.24) is 9.88 Å². The van der Waals surface area contributed by atoms with E-state index in [4.69, 9.17) is 5.11 Å². The molecule has 0 aromatic carbocycles. The molecule has 0 aliphatic carbocycles. The lowest BCUT2D eigenvalue weighted by Crippen LogP contribution is -2.26. The molecule has 2 heterocycles. The van der Waals surface area contributed by atoms with Crippen LogP contribution in [-0.4, -0.2) is 40.5 Å². The number of fused-ring (bicyclic) bond motifs is 1. The summed E-state index contributed by atoms with van der Waals surface area (Å²) in [4.78, 5) is 27.9. The number of likely N-dealkylation sites (N-methyl/N-ethyl adjacent to an activating group) is 1. The number of hydrogen-bond donors (Lipinski definition) is 2. The summed E-state index contributed by atoms with van der Waals surface area (Å²) in [5.74, 6) is -0.565. The molecule has 0 atom stereocenters. The van der Waals surface area contributed by atoms with E-state index in [-0.39, 0.29) is 30.7 Å². The van der Waals surface area contributed by atoms with Gasteiger partial charge in [-0.1, -0.05) is 0 Å². The molecule has 0 saturated heterocycles. The number of aromatic nitrogens is 1. The first-order chi connectivity index (χ1) is 8.54. The van der Waals surface area contributed by atoms with Crippen molar-refractivity contribution in [3.8, 4) is 0 Å². The van der Waals surface area contributed by atoms with Gasteiger partial charge in [-0.3, -0.25) is 9.69 Å². The summed E-state index contributed by atoms with van der Waals surface area (Å²) < 4.78 is 0. The second-order valence-electron chi connectivity index (χ2n) is 4.17. The predicted molar refractivity (Wildman–Crippen MR) is 80.4 cm³/mol. The first kappa shape index (κ1) is 18.4. The highest BCUT2D eigenvalue weighted by Crippen LogP contribution is 2.19. The fourth-order valence-electron chi connectivity index (χ4n) is 1.78. The average Bonchev–Trinajstić information content (AvgIpc) is 2.42. The summed E-state index contributed by atoms with van der Waals surface area (Å²) in [6.45, 7) is 0.909. The Labute approximate surface area is 128 Å². The first-order valence-corrected chi connectivity index (χ1v) is 5.43. The Morgan fingerprint density at radius 1 is 1.45 bits per heavy atom. The second kappa shape index (κ2) is 7.84. The number of amides is 1. The van der Waals surface area contributed by atoms with Crippen molar-refractivity contribution >= 4 is 48.6 Å². The largest absolute Gasteiger partial charge is 0.478 e. The van der Waals surface area contributed by atoms with E-state index in [0.29, 0.717) is 24.5 Å². The fourth-order valence-corrected chi connectivity index (χ4v) is 1.78. The Hall–Kier alpha value is -1.63. The third kappa shape index (κ3) is 4.80. The van der Waals surface area contributed by atoms with Gasteiger partial charge in [0.1, 0.15) is 5.82 Å². The van der Waals surface area contributed by atoms with Crippen LogP contribution in [0.4, 0.5) is 5.82 Å². The summed E-state index contributed by atoms with van der Waals surface area (Å²) in [5.41, 5.74) is 1.57. The van der Waals surface area contributed by atoms with Crippen molar-refractivity contribution in [3.63, 3.8) is 0 Å². The van der Waals surface area contributed by atoms with Gasteiger partial charge in [-0.05, 0) is 24.8 Å². The number of nitrogens with one attached hydrogen (secondary N) is 1. The zero-order valence-electron chi connectivity index (χ0n) is 10.7. The minimum Gasteiger partial charge on any atom is -0.478 e. The summed E-state index contributed by atoms with van der Waals surface area (Å²) >= 11 is 0.